The van der Waals surface area contributed by atoms with Gasteiger partial charge in [0.2, 0.25) is 0 Å². The molecule has 0 unspecified atom stereocenters. The van der Waals surface area contributed by atoms with Gasteiger partial charge in [0.05, 0.1) is 5.60 Å². The van der Waals surface area contributed by atoms with Crippen LogP contribution < -0.4 is 18.9 Å². The van der Waals surface area contributed by atoms with E-state index in [-0.39, 0.29) is 24.5 Å². The van der Waals surface area contributed by atoms with Crippen LogP contribution >= 0.6 is 0 Å². The van der Waals surface area contributed by atoms with E-state index in [2.05, 4.69) is 64.0 Å². The van der Waals surface area contributed by atoms with Crippen LogP contribution in [0.1, 0.15) is 31.9 Å². The Kier molecular flexibility index (Phi) is 7.12. The fraction of sp³-hybridized carbons (Fsp3) is 0.571. The summed E-state index contributed by atoms with van der Waals surface area (Å²) in [6.45, 7) is 7.75. The van der Waals surface area contributed by atoms with Gasteiger partial charge in [0.25, 0.3) is 0 Å². The van der Waals surface area contributed by atoms with E-state index >= 15 is 0 Å². The zero-order chi connectivity index (χ0) is 12.2. The second-order valence-corrected chi connectivity index (χ2v) is 5.34. The Morgan fingerprint density at radius 2 is 1.76 bits per heavy atom. The van der Waals surface area contributed by atoms with Crippen LogP contribution in [0.5, 0.6) is 0 Å². The van der Waals surface area contributed by atoms with E-state index in [1.807, 2.05) is 0 Å². The molecule has 0 fully saturated rings. The number of benzene rings is 1. The van der Waals surface area contributed by atoms with Gasteiger partial charge in [-0.05, 0) is 34.9 Å². The quantitative estimate of drug-likeness (QED) is 0.525. The Morgan fingerprint density at radius 1 is 1.18 bits per heavy atom. The van der Waals surface area contributed by atoms with E-state index in [0.717, 1.165) is 12.1 Å². The average Bonchev–Trinajstić information content (AvgIpc) is 2.13. The molecule has 0 aliphatic carbocycles. The third kappa shape index (κ3) is 7.62. The van der Waals surface area contributed by atoms with Crippen LogP contribution in [0.15, 0.2) is 18.2 Å². The Labute approximate surface area is 118 Å². The van der Waals surface area contributed by atoms with Crippen molar-refractivity contribution in [3.63, 3.8) is 0 Å². The van der Waals surface area contributed by atoms with Gasteiger partial charge < -0.3 is 9.64 Å². The van der Waals surface area contributed by atoms with Gasteiger partial charge in [0.1, 0.15) is 0 Å². The largest absolute Gasteiger partial charge is 1.00 e. The number of nitrogens with zero attached hydrogens (tertiary/aromatic N) is 1. The van der Waals surface area contributed by atoms with Crippen LogP contribution in [0.3, 0.4) is 0 Å². The Bertz CT molecular complexity index is 331. The summed E-state index contributed by atoms with van der Waals surface area (Å²) in [5.41, 5.74) is 2.24. The van der Waals surface area contributed by atoms with Crippen LogP contribution in [0.4, 0.5) is 0 Å². The molecule has 0 aliphatic heterocycles. The van der Waals surface area contributed by atoms with Crippen molar-refractivity contribution < 1.29 is 23.6 Å². The Balaban J connectivity index is 0.00000256. The maximum Gasteiger partial charge on any atom is 1.00 e. The van der Waals surface area contributed by atoms with Gasteiger partial charge in [-0.25, -0.2) is 0 Å². The number of rotatable bonds is 4. The second kappa shape index (κ2) is 7.23. The van der Waals surface area contributed by atoms with E-state index in [4.69, 9.17) is 4.74 Å². The van der Waals surface area contributed by atoms with Crippen molar-refractivity contribution >= 4 is 0 Å². The molecule has 1 aromatic rings. The fourth-order valence-electron chi connectivity index (χ4n) is 1.38. The van der Waals surface area contributed by atoms with Crippen molar-refractivity contribution in [2.45, 2.75) is 39.5 Å². The van der Waals surface area contributed by atoms with Gasteiger partial charge in [0, 0.05) is 13.2 Å². The van der Waals surface area contributed by atoms with Crippen molar-refractivity contribution in [3.05, 3.63) is 35.4 Å². The summed E-state index contributed by atoms with van der Waals surface area (Å²) >= 11 is 0. The van der Waals surface area contributed by atoms with E-state index in [1.54, 1.807) is 0 Å². The molecule has 17 heavy (non-hydrogen) atoms. The molecule has 1 aromatic carbocycles. The van der Waals surface area contributed by atoms with Crippen LogP contribution in [-0.4, -0.2) is 24.6 Å². The third-order valence-corrected chi connectivity index (χ3v) is 2.06. The molecule has 0 atom stereocenters. The van der Waals surface area contributed by atoms with Crippen LogP contribution in [0, 0.1) is 6.07 Å². The summed E-state index contributed by atoms with van der Waals surface area (Å²) in [6, 6.07) is 9.61. The predicted octanol–water partition coefficient (Wildman–Crippen LogP) is -0.133. The first-order valence-electron chi connectivity index (χ1n) is 5.65. The van der Waals surface area contributed by atoms with Gasteiger partial charge in [-0.15, -0.1) is 11.1 Å². The van der Waals surface area contributed by atoms with Crippen molar-refractivity contribution in [3.8, 4) is 0 Å². The van der Waals surface area contributed by atoms with Crippen molar-refractivity contribution in [2.75, 3.05) is 14.1 Å². The normalized spacial score (nSPS) is 11.4. The van der Waals surface area contributed by atoms with E-state index in [9.17, 15) is 0 Å². The summed E-state index contributed by atoms with van der Waals surface area (Å²) in [5.74, 6) is 0. The van der Waals surface area contributed by atoms with E-state index in [0.29, 0.717) is 6.61 Å². The monoisotopic (exact) mass is 227 g/mol. The van der Waals surface area contributed by atoms with Crippen LogP contribution in [-0.2, 0) is 17.9 Å². The molecular formula is C14H22LiNO. The standard InChI is InChI=1S/C14H22NO.Li/c1-14(2,3)16-11-13-8-6-7-12(9-13)10-15(4)5;/h6-8H,10-11H2,1-5H3;/q-1;+1. The molecule has 1 rings (SSSR count). The first kappa shape index (κ1) is 16.7. The van der Waals surface area contributed by atoms with Gasteiger partial charge in [0.15, 0.2) is 0 Å². The summed E-state index contributed by atoms with van der Waals surface area (Å²) in [7, 11) is 4.12. The number of hydrogen-bond acceptors (Lipinski definition) is 2. The molecule has 0 aromatic heterocycles. The minimum absolute atomic E-state index is 0. The summed E-state index contributed by atoms with van der Waals surface area (Å²) < 4.78 is 5.73. The molecule has 2 nitrogen and oxygen atoms in total. The van der Waals surface area contributed by atoms with Crippen LogP contribution in [0.2, 0.25) is 0 Å². The SMILES string of the molecule is CN(C)Cc1[c-]c(COC(C)(C)C)ccc1.[Li+]. The van der Waals surface area contributed by atoms with Gasteiger partial charge in [-0.2, -0.15) is 24.3 Å². The first-order valence-corrected chi connectivity index (χ1v) is 5.65. The molecule has 0 heterocycles. The first-order chi connectivity index (χ1) is 7.37. The maximum atomic E-state index is 5.73. The van der Waals surface area contributed by atoms with Gasteiger partial charge >= 0.3 is 18.9 Å². The molecule has 3 heteroatoms. The molecule has 0 spiro atoms. The minimum atomic E-state index is -0.0919. The molecule has 90 valence electrons. The second-order valence-electron chi connectivity index (χ2n) is 5.34. The smallest absolute Gasteiger partial charge is 0.373 e. The third-order valence-electron chi connectivity index (χ3n) is 2.06. The number of hydrogen-bond donors (Lipinski definition) is 0. The molecule has 0 radical (unpaired) electrons. The van der Waals surface area contributed by atoms with E-state index < -0.39 is 0 Å². The molecule has 0 bridgehead atoms. The van der Waals surface area contributed by atoms with Crippen molar-refractivity contribution in [2.24, 2.45) is 0 Å². The maximum absolute atomic E-state index is 5.73. The van der Waals surface area contributed by atoms with Gasteiger partial charge in [-0.3, -0.25) is 0 Å². The number of ether oxygens (including phenoxy) is 1. The molecule has 0 saturated heterocycles. The Hall–Kier alpha value is -0.263. The minimum Gasteiger partial charge on any atom is -0.373 e. The predicted molar refractivity (Wildman–Crippen MR) is 67.2 cm³/mol. The summed E-state index contributed by atoms with van der Waals surface area (Å²) in [6.07, 6.45) is 0. The topological polar surface area (TPSA) is 12.5 Å². The Morgan fingerprint density at radius 3 is 2.29 bits per heavy atom. The average molecular weight is 227 g/mol. The molecule has 0 aliphatic rings. The summed E-state index contributed by atoms with van der Waals surface area (Å²) in [4.78, 5) is 2.14. The zero-order valence-corrected chi connectivity index (χ0v) is 12.0. The van der Waals surface area contributed by atoms with Crippen LogP contribution in [0.25, 0.3) is 0 Å². The molecule has 0 saturated carbocycles. The zero-order valence-electron chi connectivity index (χ0n) is 12.0. The molecule has 0 N–H and O–H groups in total. The van der Waals surface area contributed by atoms with E-state index in [1.165, 1.54) is 5.56 Å². The molecule has 0 amide bonds. The van der Waals surface area contributed by atoms with Gasteiger partial charge in [-0.1, -0.05) is 0 Å². The fourth-order valence-corrected chi connectivity index (χ4v) is 1.38. The molecular weight excluding hydrogens is 205 g/mol. The van der Waals surface area contributed by atoms with Crippen molar-refractivity contribution in [1.29, 1.82) is 0 Å². The van der Waals surface area contributed by atoms with Crippen molar-refractivity contribution in [1.82, 2.24) is 4.90 Å². The summed E-state index contributed by atoms with van der Waals surface area (Å²) in [5, 5.41) is 0.